The van der Waals surface area contributed by atoms with E-state index in [-0.39, 0.29) is 4.99 Å². The van der Waals surface area contributed by atoms with Crippen LogP contribution in [-0.2, 0) is 15.1 Å². The summed E-state index contributed by atoms with van der Waals surface area (Å²) >= 11 is 0. The monoisotopic (exact) mass is 285 g/mol. The van der Waals surface area contributed by atoms with Crippen LogP contribution in [0.2, 0.25) is 0 Å². The lowest BCUT2D eigenvalue weighted by Crippen LogP contribution is -2.25. The average molecular weight is 285 g/mol. The van der Waals surface area contributed by atoms with E-state index in [0.29, 0.717) is 11.8 Å². The van der Waals surface area contributed by atoms with E-state index in [0.717, 1.165) is 11.4 Å². The summed E-state index contributed by atoms with van der Waals surface area (Å²) in [7, 11) is -2.47. The van der Waals surface area contributed by atoms with Gasteiger partial charge < -0.3 is 4.79 Å². The van der Waals surface area contributed by atoms with E-state index < -0.39 is 16.2 Å². The Labute approximate surface area is 117 Å². The molecule has 0 saturated carbocycles. The third-order valence-electron chi connectivity index (χ3n) is 3.32. The van der Waals surface area contributed by atoms with Gasteiger partial charge in [-0.1, -0.05) is 36.4 Å². The number of carbonyl (C=O) groups excluding carboxylic acids is 1. The average Bonchev–Trinajstić information content (AvgIpc) is 2.82. The fourth-order valence-corrected chi connectivity index (χ4v) is 3.24. The van der Waals surface area contributed by atoms with Gasteiger partial charge in [-0.3, -0.25) is 4.90 Å². The van der Waals surface area contributed by atoms with Gasteiger partial charge in [-0.2, -0.15) is 8.42 Å². The summed E-state index contributed by atoms with van der Waals surface area (Å²) in [6, 6.07) is 16.4. The van der Waals surface area contributed by atoms with Crippen molar-refractivity contribution >= 4 is 32.9 Å². The molecule has 0 aromatic heterocycles. The second-order valence-electron chi connectivity index (χ2n) is 4.42. The zero-order valence-corrected chi connectivity index (χ0v) is 11.2. The van der Waals surface area contributed by atoms with E-state index >= 15 is 0 Å². The molecule has 0 aliphatic carbocycles. The molecule has 0 radical (unpaired) electrons. The Bertz CT molecular complexity index is 789. The van der Waals surface area contributed by atoms with Crippen molar-refractivity contribution in [3.63, 3.8) is 0 Å². The molecule has 0 spiro atoms. The second kappa shape index (κ2) is 4.94. The highest BCUT2D eigenvalue weighted by molar-refractivity contribution is 7.73. The molecule has 3 rings (SSSR count). The van der Waals surface area contributed by atoms with E-state index in [1.165, 1.54) is 0 Å². The minimum absolute atomic E-state index is 0.0763. The largest absolute Gasteiger partial charge is 0.302 e. The van der Waals surface area contributed by atoms with Gasteiger partial charge in [0, 0.05) is 5.69 Å². The maximum absolute atomic E-state index is 11.6. The van der Waals surface area contributed by atoms with Crippen LogP contribution >= 0.6 is 0 Å². The van der Waals surface area contributed by atoms with Crippen molar-refractivity contribution in [2.75, 3.05) is 4.90 Å². The molecule has 0 fully saturated rings. The van der Waals surface area contributed by atoms with E-state index in [9.17, 15) is 13.2 Å². The first-order chi connectivity index (χ1) is 9.74. The fourth-order valence-electron chi connectivity index (χ4n) is 2.50. The zero-order valence-electron chi connectivity index (χ0n) is 10.4. The molecular weight excluding hydrogens is 274 g/mol. The number of nitrogens with zero attached hydrogens (tertiary/aromatic N) is 1. The summed E-state index contributed by atoms with van der Waals surface area (Å²) < 4.78 is 23.2. The van der Waals surface area contributed by atoms with E-state index in [4.69, 9.17) is 0 Å². The molecule has 1 unspecified atom stereocenters. The van der Waals surface area contributed by atoms with Crippen LogP contribution in [0.25, 0.3) is 0 Å². The molecule has 2 aromatic carbocycles. The summed E-state index contributed by atoms with van der Waals surface area (Å²) in [6.07, 6.45) is 0.674. The molecule has 1 heterocycles. The normalized spacial score (nSPS) is 16.9. The van der Waals surface area contributed by atoms with E-state index in [1.807, 2.05) is 42.5 Å². The zero-order chi connectivity index (χ0) is 14.1. The van der Waals surface area contributed by atoms with Gasteiger partial charge in [-0.15, -0.1) is 0 Å². The number of fused-ring (bicyclic) bond motifs is 1. The molecule has 0 saturated heterocycles. The number of hydrogen-bond acceptors (Lipinski definition) is 3. The van der Waals surface area contributed by atoms with Gasteiger partial charge in [-0.05, 0) is 23.8 Å². The number of carbonyl (C=O) groups is 1. The first kappa shape index (κ1) is 12.6. The third-order valence-corrected chi connectivity index (χ3v) is 4.10. The molecule has 1 aliphatic rings. The molecule has 4 nitrogen and oxygen atoms in total. The SMILES string of the molecule is O=CC1C(=S(=O)=O)N(c2ccccc2)c2ccccc21. The molecule has 0 bridgehead atoms. The Morgan fingerprint density at radius 3 is 2.25 bits per heavy atom. The highest BCUT2D eigenvalue weighted by Crippen LogP contribution is 2.41. The van der Waals surface area contributed by atoms with Crippen LogP contribution in [0.1, 0.15) is 11.5 Å². The predicted molar refractivity (Wildman–Crippen MR) is 77.8 cm³/mol. The number of benzene rings is 2. The van der Waals surface area contributed by atoms with Crippen molar-refractivity contribution in [2.24, 2.45) is 0 Å². The third kappa shape index (κ3) is 1.83. The van der Waals surface area contributed by atoms with Crippen molar-refractivity contribution in [3.8, 4) is 0 Å². The van der Waals surface area contributed by atoms with Gasteiger partial charge in [0.15, 0.2) is 4.99 Å². The summed E-state index contributed by atoms with van der Waals surface area (Å²) in [4.78, 5) is 13.0. The topological polar surface area (TPSA) is 54.5 Å². The number of rotatable bonds is 2. The number of aldehydes is 1. The van der Waals surface area contributed by atoms with Gasteiger partial charge in [-0.25, -0.2) is 0 Å². The van der Waals surface area contributed by atoms with Crippen LogP contribution in [0.5, 0.6) is 0 Å². The summed E-state index contributed by atoms with van der Waals surface area (Å²) in [5.74, 6) is -0.746. The maximum Gasteiger partial charge on any atom is 0.235 e. The lowest BCUT2D eigenvalue weighted by atomic mass is 10.0. The fraction of sp³-hybridized carbons (Fsp3) is 0.0667. The van der Waals surface area contributed by atoms with E-state index in [1.54, 1.807) is 17.0 Å². The van der Waals surface area contributed by atoms with Gasteiger partial charge in [0.25, 0.3) is 0 Å². The van der Waals surface area contributed by atoms with Crippen LogP contribution in [0.15, 0.2) is 54.6 Å². The van der Waals surface area contributed by atoms with Crippen molar-refractivity contribution in [1.29, 1.82) is 0 Å². The van der Waals surface area contributed by atoms with Crippen molar-refractivity contribution < 1.29 is 13.2 Å². The van der Waals surface area contributed by atoms with Crippen LogP contribution in [0.4, 0.5) is 11.4 Å². The Morgan fingerprint density at radius 1 is 0.950 bits per heavy atom. The Morgan fingerprint density at radius 2 is 1.60 bits per heavy atom. The highest BCUT2D eigenvalue weighted by Gasteiger charge is 2.36. The van der Waals surface area contributed by atoms with Gasteiger partial charge in [0.05, 0.1) is 11.6 Å². The molecule has 1 atom stereocenters. The summed E-state index contributed by atoms with van der Waals surface area (Å²) in [5.41, 5.74) is 2.17. The quantitative estimate of drug-likeness (QED) is 0.626. The minimum atomic E-state index is -2.47. The van der Waals surface area contributed by atoms with Gasteiger partial charge in [0.2, 0.25) is 10.3 Å². The lowest BCUT2D eigenvalue weighted by Gasteiger charge is -2.19. The van der Waals surface area contributed by atoms with Crippen LogP contribution in [0.3, 0.4) is 0 Å². The molecule has 5 heteroatoms. The number of para-hydroxylation sites is 2. The molecule has 20 heavy (non-hydrogen) atoms. The number of hydrogen-bond donors (Lipinski definition) is 0. The maximum atomic E-state index is 11.6. The highest BCUT2D eigenvalue weighted by atomic mass is 32.2. The van der Waals surface area contributed by atoms with Crippen molar-refractivity contribution in [3.05, 3.63) is 60.2 Å². The molecule has 100 valence electrons. The van der Waals surface area contributed by atoms with Crippen LogP contribution < -0.4 is 4.90 Å². The van der Waals surface area contributed by atoms with Gasteiger partial charge >= 0.3 is 0 Å². The smallest absolute Gasteiger partial charge is 0.235 e. The Kier molecular flexibility index (Phi) is 3.12. The standard InChI is InChI=1S/C15H11NO3S/c17-10-13-12-8-4-5-9-14(12)16(15(13)20(18)19)11-6-2-1-3-7-11/h1-10,13H. The summed E-state index contributed by atoms with van der Waals surface area (Å²) in [6.45, 7) is 0. The molecule has 2 aromatic rings. The van der Waals surface area contributed by atoms with Crippen LogP contribution in [-0.4, -0.2) is 19.7 Å². The summed E-state index contributed by atoms with van der Waals surface area (Å²) in [5, 5.41) is 0. The van der Waals surface area contributed by atoms with E-state index in [2.05, 4.69) is 0 Å². The van der Waals surface area contributed by atoms with Crippen molar-refractivity contribution in [2.45, 2.75) is 5.92 Å². The van der Waals surface area contributed by atoms with Crippen LogP contribution in [0, 0.1) is 0 Å². The molecule has 1 aliphatic heterocycles. The first-order valence-electron chi connectivity index (χ1n) is 6.09. The molecule has 0 N–H and O–H groups in total. The molecular formula is C15H11NO3S. The Balaban J connectivity index is 2.32. The van der Waals surface area contributed by atoms with Crippen molar-refractivity contribution in [1.82, 2.24) is 0 Å². The molecule has 0 amide bonds. The first-order valence-corrected chi connectivity index (χ1v) is 7.17. The lowest BCUT2D eigenvalue weighted by molar-refractivity contribution is -0.107. The minimum Gasteiger partial charge on any atom is -0.302 e. The Hall–Kier alpha value is -2.40. The second-order valence-corrected chi connectivity index (χ2v) is 5.30. The predicted octanol–water partition coefficient (Wildman–Crippen LogP) is 2.13. The number of anilines is 2. The van der Waals surface area contributed by atoms with Gasteiger partial charge in [0.1, 0.15) is 6.29 Å².